The van der Waals surface area contributed by atoms with Crippen molar-refractivity contribution in [2.75, 3.05) is 13.1 Å². The Labute approximate surface area is 147 Å². The van der Waals surface area contributed by atoms with Gasteiger partial charge in [0.1, 0.15) is 0 Å². The standard InChI is InChI=1S/C20H24N4O/c1-16-13-19(25)21-20-23(11-12-24(16)20)15-18-7-5-17(6-8-18)14-22-9-3-2-4-10-22/h5-8,11-13H,2-4,9-10,14-15H2,1H3. The van der Waals surface area contributed by atoms with Crippen LogP contribution in [0.5, 0.6) is 0 Å². The number of hydrogen-bond donors (Lipinski definition) is 0. The summed E-state index contributed by atoms with van der Waals surface area (Å²) in [5, 5.41) is 0. The number of hydrogen-bond acceptors (Lipinski definition) is 3. The summed E-state index contributed by atoms with van der Waals surface area (Å²) in [6.45, 7) is 6.13. The summed E-state index contributed by atoms with van der Waals surface area (Å²) >= 11 is 0. The van der Waals surface area contributed by atoms with Gasteiger partial charge >= 0.3 is 0 Å². The van der Waals surface area contributed by atoms with Gasteiger partial charge < -0.3 is 4.57 Å². The van der Waals surface area contributed by atoms with Crippen LogP contribution in [0.25, 0.3) is 5.78 Å². The maximum atomic E-state index is 11.7. The van der Waals surface area contributed by atoms with E-state index in [1.165, 1.54) is 43.5 Å². The van der Waals surface area contributed by atoms with Gasteiger partial charge in [-0.15, -0.1) is 0 Å². The van der Waals surface area contributed by atoms with Crippen LogP contribution in [0.2, 0.25) is 0 Å². The fourth-order valence-corrected chi connectivity index (χ4v) is 3.64. The number of nitrogens with zero attached hydrogens (tertiary/aromatic N) is 4. The van der Waals surface area contributed by atoms with E-state index >= 15 is 0 Å². The molecule has 0 N–H and O–H groups in total. The SMILES string of the molecule is Cc1cc(=O)nc2n(Cc3ccc(CN4CCCCC4)cc3)ccn12. The van der Waals surface area contributed by atoms with Gasteiger partial charge in [0.2, 0.25) is 5.78 Å². The molecule has 1 fully saturated rings. The zero-order valence-corrected chi connectivity index (χ0v) is 14.7. The van der Waals surface area contributed by atoms with Crippen molar-refractivity contribution in [2.24, 2.45) is 0 Å². The molecule has 0 bridgehead atoms. The number of aryl methyl sites for hydroxylation is 1. The molecule has 0 unspecified atom stereocenters. The van der Waals surface area contributed by atoms with Gasteiger partial charge in [0.05, 0.1) is 6.54 Å². The minimum absolute atomic E-state index is 0.186. The highest BCUT2D eigenvalue weighted by atomic mass is 16.1. The number of likely N-dealkylation sites (tertiary alicyclic amines) is 1. The van der Waals surface area contributed by atoms with E-state index in [1.807, 2.05) is 28.3 Å². The third-order valence-electron chi connectivity index (χ3n) is 5.02. The molecule has 0 atom stereocenters. The van der Waals surface area contributed by atoms with E-state index in [-0.39, 0.29) is 5.56 Å². The predicted molar refractivity (Wildman–Crippen MR) is 98.9 cm³/mol. The lowest BCUT2D eigenvalue weighted by molar-refractivity contribution is 0.221. The highest BCUT2D eigenvalue weighted by Crippen LogP contribution is 2.15. The van der Waals surface area contributed by atoms with Crippen molar-refractivity contribution in [1.82, 2.24) is 18.9 Å². The highest BCUT2D eigenvalue weighted by molar-refractivity contribution is 5.34. The molecule has 5 heteroatoms. The average Bonchev–Trinajstić information content (AvgIpc) is 3.01. The second-order valence-electron chi connectivity index (χ2n) is 6.99. The maximum Gasteiger partial charge on any atom is 0.274 e. The Bertz CT molecular complexity index is 917. The van der Waals surface area contributed by atoms with Crippen molar-refractivity contribution in [3.05, 3.63) is 69.9 Å². The van der Waals surface area contributed by atoms with E-state index < -0.39 is 0 Å². The van der Waals surface area contributed by atoms with Crippen LogP contribution in [0.4, 0.5) is 0 Å². The van der Waals surface area contributed by atoms with Gasteiger partial charge in [0.25, 0.3) is 5.56 Å². The first-order valence-corrected chi connectivity index (χ1v) is 9.04. The lowest BCUT2D eigenvalue weighted by Crippen LogP contribution is -2.29. The van der Waals surface area contributed by atoms with E-state index in [9.17, 15) is 4.79 Å². The van der Waals surface area contributed by atoms with Crippen molar-refractivity contribution in [3.8, 4) is 0 Å². The van der Waals surface area contributed by atoms with Crippen LogP contribution in [0.1, 0.15) is 36.1 Å². The fourth-order valence-electron chi connectivity index (χ4n) is 3.64. The van der Waals surface area contributed by atoms with Gasteiger partial charge in [0, 0.05) is 30.7 Å². The molecule has 0 amide bonds. The van der Waals surface area contributed by atoms with Gasteiger partial charge in [-0.1, -0.05) is 30.7 Å². The topological polar surface area (TPSA) is 42.5 Å². The van der Waals surface area contributed by atoms with Gasteiger partial charge in [0.15, 0.2) is 0 Å². The third kappa shape index (κ3) is 3.51. The summed E-state index contributed by atoms with van der Waals surface area (Å²) in [5.41, 5.74) is 3.31. The predicted octanol–water partition coefficient (Wildman–Crippen LogP) is 2.84. The minimum atomic E-state index is -0.186. The molecular weight excluding hydrogens is 312 g/mol. The van der Waals surface area contributed by atoms with E-state index in [2.05, 4.69) is 34.1 Å². The third-order valence-corrected chi connectivity index (χ3v) is 5.02. The van der Waals surface area contributed by atoms with Crippen LogP contribution in [0, 0.1) is 6.92 Å². The number of rotatable bonds is 4. The lowest BCUT2D eigenvalue weighted by atomic mass is 10.1. The van der Waals surface area contributed by atoms with Gasteiger partial charge in [-0.3, -0.25) is 14.1 Å². The van der Waals surface area contributed by atoms with Crippen LogP contribution < -0.4 is 5.56 Å². The van der Waals surface area contributed by atoms with Crippen molar-refractivity contribution >= 4 is 5.78 Å². The number of piperidine rings is 1. The fraction of sp³-hybridized carbons (Fsp3) is 0.400. The molecule has 130 valence electrons. The second-order valence-corrected chi connectivity index (χ2v) is 6.99. The molecule has 1 aliphatic heterocycles. The molecule has 1 aromatic carbocycles. The molecule has 0 saturated carbocycles. The van der Waals surface area contributed by atoms with Gasteiger partial charge in [-0.05, 0) is 44.0 Å². The van der Waals surface area contributed by atoms with Crippen LogP contribution in [0.15, 0.2) is 47.5 Å². The summed E-state index contributed by atoms with van der Waals surface area (Å²) in [6.07, 6.45) is 7.96. The van der Waals surface area contributed by atoms with E-state index in [4.69, 9.17) is 0 Å². The van der Waals surface area contributed by atoms with Crippen molar-refractivity contribution in [2.45, 2.75) is 39.3 Å². The van der Waals surface area contributed by atoms with Crippen molar-refractivity contribution in [3.63, 3.8) is 0 Å². The van der Waals surface area contributed by atoms with Gasteiger partial charge in [-0.2, -0.15) is 4.98 Å². The Morgan fingerprint density at radius 3 is 2.36 bits per heavy atom. The number of aromatic nitrogens is 3. The molecule has 25 heavy (non-hydrogen) atoms. The van der Waals surface area contributed by atoms with Crippen molar-refractivity contribution < 1.29 is 0 Å². The van der Waals surface area contributed by atoms with E-state index in [0.29, 0.717) is 5.78 Å². The lowest BCUT2D eigenvalue weighted by Gasteiger charge is -2.26. The molecular formula is C20H24N4O. The highest BCUT2D eigenvalue weighted by Gasteiger charge is 2.10. The van der Waals surface area contributed by atoms with Crippen LogP contribution in [0.3, 0.4) is 0 Å². The molecule has 0 radical (unpaired) electrons. The monoisotopic (exact) mass is 336 g/mol. The first-order chi connectivity index (χ1) is 12.2. The number of fused-ring (bicyclic) bond motifs is 1. The number of imidazole rings is 1. The molecule has 1 aliphatic rings. The first-order valence-electron chi connectivity index (χ1n) is 9.04. The molecule has 2 aromatic heterocycles. The molecule has 4 rings (SSSR count). The Morgan fingerprint density at radius 2 is 1.64 bits per heavy atom. The summed E-state index contributed by atoms with van der Waals surface area (Å²) in [5.74, 6) is 0.697. The Hall–Kier alpha value is -2.40. The normalized spacial score (nSPS) is 15.7. The Kier molecular flexibility index (Phi) is 4.40. The zero-order valence-electron chi connectivity index (χ0n) is 14.7. The summed E-state index contributed by atoms with van der Waals surface area (Å²) in [4.78, 5) is 18.4. The summed E-state index contributed by atoms with van der Waals surface area (Å²) in [6, 6.07) is 10.4. The van der Waals surface area contributed by atoms with E-state index in [0.717, 1.165) is 18.8 Å². The maximum absolute atomic E-state index is 11.7. The average molecular weight is 336 g/mol. The molecule has 3 heterocycles. The van der Waals surface area contributed by atoms with E-state index in [1.54, 1.807) is 6.07 Å². The second kappa shape index (κ2) is 6.84. The largest absolute Gasteiger partial charge is 0.312 e. The van der Waals surface area contributed by atoms with Crippen molar-refractivity contribution in [1.29, 1.82) is 0 Å². The zero-order chi connectivity index (χ0) is 17.2. The smallest absolute Gasteiger partial charge is 0.274 e. The van der Waals surface area contributed by atoms with Crippen LogP contribution in [-0.4, -0.2) is 31.9 Å². The molecule has 3 aromatic rings. The quantitative estimate of drug-likeness (QED) is 0.736. The molecule has 5 nitrogen and oxygen atoms in total. The molecule has 0 aliphatic carbocycles. The summed E-state index contributed by atoms with van der Waals surface area (Å²) in [7, 11) is 0. The molecule has 0 spiro atoms. The van der Waals surface area contributed by atoms with Crippen LogP contribution >= 0.6 is 0 Å². The van der Waals surface area contributed by atoms with Crippen LogP contribution in [-0.2, 0) is 13.1 Å². The minimum Gasteiger partial charge on any atom is -0.312 e. The Balaban J connectivity index is 1.50. The first kappa shape index (κ1) is 16.1. The Morgan fingerprint density at radius 1 is 0.960 bits per heavy atom. The van der Waals surface area contributed by atoms with Gasteiger partial charge in [-0.25, -0.2) is 0 Å². The summed E-state index contributed by atoms with van der Waals surface area (Å²) < 4.78 is 3.97. The number of benzene rings is 1. The molecule has 1 saturated heterocycles.